The average Bonchev–Trinajstić information content (AvgIpc) is 2.86. The van der Waals surface area contributed by atoms with E-state index in [1.807, 2.05) is 44.2 Å². The van der Waals surface area contributed by atoms with E-state index in [4.69, 9.17) is 0 Å². The van der Waals surface area contributed by atoms with E-state index in [1.165, 1.54) is 22.2 Å². The molecule has 122 valence electrons. The Morgan fingerprint density at radius 1 is 1.33 bits per heavy atom. The summed E-state index contributed by atoms with van der Waals surface area (Å²) in [7, 11) is 0. The lowest BCUT2D eigenvalue weighted by atomic mass is 10.2. The Morgan fingerprint density at radius 3 is 2.83 bits per heavy atom. The van der Waals surface area contributed by atoms with Crippen LogP contribution in [0.1, 0.15) is 16.0 Å². The van der Waals surface area contributed by atoms with Gasteiger partial charge in [0, 0.05) is 4.88 Å². The Hall–Kier alpha value is -2.80. The van der Waals surface area contributed by atoms with Crippen LogP contribution in [0.4, 0.5) is 0 Å². The number of benzene rings is 1. The minimum Gasteiger partial charge on any atom is -0.289 e. The maximum Gasteiger partial charge on any atom is 0.262 e. The van der Waals surface area contributed by atoms with Crippen molar-refractivity contribution in [2.45, 2.75) is 20.4 Å². The molecular formula is C17H16N4O2S. The molecular weight excluding hydrogens is 324 g/mol. The minimum atomic E-state index is -0.380. The van der Waals surface area contributed by atoms with E-state index >= 15 is 0 Å². The molecule has 0 radical (unpaired) electrons. The number of aryl methyl sites for hydroxylation is 2. The highest BCUT2D eigenvalue weighted by Crippen LogP contribution is 2.25. The Kier molecular flexibility index (Phi) is 4.52. The van der Waals surface area contributed by atoms with Crippen LogP contribution in [0.25, 0.3) is 10.2 Å². The molecule has 1 aromatic carbocycles. The molecule has 3 aromatic rings. The van der Waals surface area contributed by atoms with Gasteiger partial charge in [-0.25, -0.2) is 10.4 Å². The standard InChI is InChI=1S/C17H16N4O2S/c1-11-12(2)24-16-15(11)17(23)21(10-18-16)9-14(22)20-19-8-13-6-4-3-5-7-13/h3-8,10H,9H2,1-2H3,(H,20,22). The minimum absolute atomic E-state index is 0.123. The first-order valence-electron chi connectivity index (χ1n) is 7.38. The summed E-state index contributed by atoms with van der Waals surface area (Å²) >= 11 is 1.48. The van der Waals surface area contributed by atoms with E-state index in [0.717, 1.165) is 16.0 Å². The molecule has 0 bridgehead atoms. The van der Waals surface area contributed by atoms with Crippen LogP contribution in [0.3, 0.4) is 0 Å². The lowest BCUT2D eigenvalue weighted by Crippen LogP contribution is -2.30. The molecule has 0 spiro atoms. The van der Waals surface area contributed by atoms with Crippen molar-refractivity contribution in [2.75, 3.05) is 0 Å². The van der Waals surface area contributed by atoms with E-state index in [2.05, 4.69) is 15.5 Å². The summed E-state index contributed by atoms with van der Waals surface area (Å²) in [5.74, 6) is -0.380. The van der Waals surface area contributed by atoms with Gasteiger partial charge in [0.1, 0.15) is 11.4 Å². The van der Waals surface area contributed by atoms with Gasteiger partial charge in [0.15, 0.2) is 0 Å². The van der Waals surface area contributed by atoms with Crippen molar-refractivity contribution in [1.82, 2.24) is 15.0 Å². The molecule has 0 unspecified atom stereocenters. The number of fused-ring (bicyclic) bond motifs is 1. The zero-order valence-corrected chi connectivity index (χ0v) is 14.1. The summed E-state index contributed by atoms with van der Waals surface area (Å²) in [4.78, 5) is 30.5. The number of hydrogen-bond donors (Lipinski definition) is 1. The van der Waals surface area contributed by atoms with Gasteiger partial charge in [-0.3, -0.25) is 14.2 Å². The van der Waals surface area contributed by atoms with Crippen LogP contribution in [0.15, 0.2) is 46.6 Å². The van der Waals surface area contributed by atoms with E-state index in [9.17, 15) is 9.59 Å². The van der Waals surface area contributed by atoms with Crippen LogP contribution in [0.5, 0.6) is 0 Å². The molecule has 24 heavy (non-hydrogen) atoms. The van der Waals surface area contributed by atoms with Crippen LogP contribution >= 0.6 is 11.3 Å². The number of aromatic nitrogens is 2. The summed E-state index contributed by atoms with van der Waals surface area (Å²) < 4.78 is 1.30. The SMILES string of the molecule is Cc1sc2ncn(CC(=O)NN=Cc3ccccc3)c(=O)c2c1C. The first kappa shape index (κ1) is 16.1. The normalized spacial score (nSPS) is 11.2. The van der Waals surface area contributed by atoms with E-state index in [1.54, 1.807) is 6.21 Å². The van der Waals surface area contributed by atoms with Crippen molar-refractivity contribution >= 4 is 33.7 Å². The third-order valence-corrected chi connectivity index (χ3v) is 4.79. The van der Waals surface area contributed by atoms with Gasteiger partial charge in [-0.2, -0.15) is 5.10 Å². The van der Waals surface area contributed by atoms with Crippen molar-refractivity contribution in [1.29, 1.82) is 0 Å². The van der Waals surface area contributed by atoms with Gasteiger partial charge in [-0.05, 0) is 25.0 Å². The maximum atomic E-state index is 12.5. The second-order valence-corrected chi connectivity index (χ2v) is 6.55. The molecule has 7 heteroatoms. The first-order chi connectivity index (χ1) is 11.6. The number of hydrogen-bond acceptors (Lipinski definition) is 5. The lowest BCUT2D eigenvalue weighted by molar-refractivity contribution is -0.121. The molecule has 6 nitrogen and oxygen atoms in total. The van der Waals surface area contributed by atoms with Gasteiger partial charge in [0.05, 0.1) is 17.9 Å². The molecule has 3 rings (SSSR count). The van der Waals surface area contributed by atoms with Gasteiger partial charge >= 0.3 is 0 Å². The van der Waals surface area contributed by atoms with Crippen LogP contribution < -0.4 is 11.0 Å². The van der Waals surface area contributed by atoms with Gasteiger partial charge in [0.2, 0.25) is 0 Å². The maximum absolute atomic E-state index is 12.5. The van der Waals surface area contributed by atoms with E-state index in [0.29, 0.717) is 10.2 Å². The molecule has 0 aliphatic rings. The average molecular weight is 340 g/mol. The topological polar surface area (TPSA) is 76.3 Å². The molecule has 1 amide bonds. The number of carbonyl (C=O) groups excluding carboxylic acids is 1. The number of carbonyl (C=O) groups is 1. The highest BCUT2D eigenvalue weighted by molar-refractivity contribution is 7.18. The fourth-order valence-electron chi connectivity index (χ4n) is 2.29. The van der Waals surface area contributed by atoms with Crippen molar-refractivity contribution in [3.8, 4) is 0 Å². The van der Waals surface area contributed by atoms with E-state index in [-0.39, 0.29) is 18.0 Å². The van der Waals surface area contributed by atoms with Crippen molar-refractivity contribution in [3.05, 3.63) is 63.0 Å². The third-order valence-electron chi connectivity index (χ3n) is 3.67. The summed E-state index contributed by atoms with van der Waals surface area (Å²) in [6.07, 6.45) is 2.95. The number of amides is 1. The van der Waals surface area contributed by atoms with E-state index < -0.39 is 0 Å². The molecule has 0 fully saturated rings. The first-order valence-corrected chi connectivity index (χ1v) is 8.20. The largest absolute Gasteiger partial charge is 0.289 e. The van der Waals surface area contributed by atoms with Crippen LogP contribution in [0.2, 0.25) is 0 Å². The fourth-order valence-corrected chi connectivity index (χ4v) is 3.28. The Labute approximate surface area is 142 Å². The van der Waals surface area contributed by atoms with Gasteiger partial charge in [-0.15, -0.1) is 11.3 Å². The highest BCUT2D eigenvalue weighted by atomic mass is 32.1. The zero-order valence-electron chi connectivity index (χ0n) is 13.3. The number of hydrazone groups is 1. The molecule has 0 aliphatic heterocycles. The molecule has 0 aliphatic carbocycles. The number of rotatable bonds is 4. The lowest BCUT2D eigenvalue weighted by Gasteiger charge is -2.04. The number of nitrogens with zero attached hydrogens (tertiary/aromatic N) is 3. The predicted octanol–water partition coefficient (Wildman–Crippen LogP) is 2.23. The van der Waals surface area contributed by atoms with Gasteiger partial charge in [0.25, 0.3) is 11.5 Å². The molecule has 2 heterocycles. The smallest absolute Gasteiger partial charge is 0.262 e. The van der Waals surface area contributed by atoms with Crippen LogP contribution in [0, 0.1) is 13.8 Å². The number of nitrogens with one attached hydrogen (secondary N) is 1. The zero-order chi connectivity index (χ0) is 17.1. The summed E-state index contributed by atoms with van der Waals surface area (Å²) in [6, 6.07) is 9.42. The Morgan fingerprint density at radius 2 is 2.08 bits per heavy atom. The third kappa shape index (κ3) is 3.26. The van der Waals surface area contributed by atoms with Crippen molar-refractivity contribution in [3.63, 3.8) is 0 Å². The molecule has 2 aromatic heterocycles. The Balaban J connectivity index is 1.74. The summed E-state index contributed by atoms with van der Waals surface area (Å²) in [5.41, 5.74) is 4.01. The molecule has 0 atom stereocenters. The summed E-state index contributed by atoms with van der Waals surface area (Å²) in [6.45, 7) is 3.73. The van der Waals surface area contributed by atoms with Crippen molar-refractivity contribution in [2.24, 2.45) is 5.10 Å². The molecule has 0 saturated carbocycles. The number of thiophene rings is 1. The summed E-state index contributed by atoms with van der Waals surface area (Å²) in [5, 5.41) is 4.48. The van der Waals surface area contributed by atoms with Gasteiger partial charge < -0.3 is 0 Å². The molecule has 0 saturated heterocycles. The monoisotopic (exact) mass is 340 g/mol. The second kappa shape index (κ2) is 6.76. The van der Waals surface area contributed by atoms with Crippen LogP contribution in [-0.2, 0) is 11.3 Å². The predicted molar refractivity (Wildman–Crippen MR) is 95.5 cm³/mol. The second-order valence-electron chi connectivity index (χ2n) is 5.34. The molecule has 1 N–H and O–H groups in total. The Bertz CT molecular complexity index is 973. The highest BCUT2D eigenvalue weighted by Gasteiger charge is 2.13. The fraction of sp³-hybridized carbons (Fsp3) is 0.176. The van der Waals surface area contributed by atoms with Gasteiger partial charge in [-0.1, -0.05) is 30.3 Å². The van der Waals surface area contributed by atoms with Crippen molar-refractivity contribution < 1.29 is 4.79 Å². The van der Waals surface area contributed by atoms with Crippen LogP contribution in [-0.4, -0.2) is 21.7 Å². The quantitative estimate of drug-likeness (QED) is 0.584.